The number of para-hydroxylation sites is 1. The highest BCUT2D eigenvalue weighted by molar-refractivity contribution is 5.98. The molecule has 2 aromatic rings. The molecule has 1 aliphatic heterocycles. The Morgan fingerprint density at radius 2 is 1.89 bits per heavy atom. The molecular formula is C21H26N4O3. The van der Waals surface area contributed by atoms with Crippen molar-refractivity contribution in [3.05, 3.63) is 59.4 Å². The molecule has 1 aromatic heterocycles. The third kappa shape index (κ3) is 4.67. The molecule has 1 aromatic carbocycles. The average Bonchev–Trinajstić information content (AvgIpc) is 2.77. The normalized spacial score (nSPS) is 14.6. The third-order valence-corrected chi connectivity index (χ3v) is 4.98. The molecule has 3 rings (SSSR count). The van der Waals surface area contributed by atoms with Gasteiger partial charge in [0.2, 0.25) is 0 Å². The molecule has 7 nitrogen and oxygen atoms in total. The lowest BCUT2D eigenvalue weighted by Crippen LogP contribution is -2.48. The van der Waals surface area contributed by atoms with Crippen LogP contribution in [0.15, 0.2) is 42.6 Å². The Morgan fingerprint density at radius 1 is 1.14 bits per heavy atom. The van der Waals surface area contributed by atoms with Gasteiger partial charge in [0.1, 0.15) is 11.4 Å². The molecule has 0 unspecified atom stereocenters. The molecule has 0 saturated carbocycles. The maximum absolute atomic E-state index is 12.8. The van der Waals surface area contributed by atoms with E-state index >= 15 is 0 Å². The van der Waals surface area contributed by atoms with Crippen LogP contribution < -0.4 is 10.1 Å². The highest BCUT2D eigenvalue weighted by atomic mass is 16.5. The fourth-order valence-electron chi connectivity index (χ4n) is 3.25. The number of rotatable bonds is 6. The zero-order valence-electron chi connectivity index (χ0n) is 16.4. The summed E-state index contributed by atoms with van der Waals surface area (Å²) in [7, 11) is 1.59. The fraction of sp³-hybridized carbons (Fsp3) is 0.381. The number of hydrogen-bond donors (Lipinski definition) is 1. The van der Waals surface area contributed by atoms with Gasteiger partial charge in [0.25, 0.3) is 11.8 Å². The van der Waals surface area contributed by atoms with Gasteiger partial charge in [-0.1, -0.05) is 25.1 Å². The van der Waals surface area contributed by atoms with Crippen molar-refractivity contribution in [2.45, 2.75) is 13.5 Å². The first kappa shape index (κ1) is 19.8. The maximum atomic E-state index is 12.8. The van der Waals surface area contributed by atoms with Crippen molar-refractivity contribution in [2.75, 3.05) is 39.8 Å². The van der Waals surface area contributed by atoms with Gasteiger partial charge in [-0.25, -0.2) is 0 Å². The summed E-state index contributed by atoms with van der Waals surface area (Å²) in [6, 6.07) is 10.7. The van der Waals surface area contributed by atoms with Crippen LogP contribution in [0.4, 0.5) is 0 Å². The van der Waals surface area contributed by atoms with Crippen LogP contribution in [0.3, 0.4) is 0 Å². The minimum atomic E-state index is -0.323. The fourth-order valence-corrected chi connectivity index (χ4v) is 3.25. The van der Waals surface area contributed by atoms with Gasteiger partial charge in [0.15, 0.2) is 0 Å². The number of nitrogens with one attached hydrogen (secondary N) is 1. The molecule has 0 aliphatic carbocycles. The van der Waals surface area contributed by atoms with Crippen molar-refractivity contribution >= 4 is 11.8 Å². The van der Waals surface area contributed by atoms with Crippen molar-refractivity contribution in [2.24, 2.45) is 0 Å². The van der Waals surface area contributed by atoms with Crippen LogP contribution in [-0.4, -0.2) is 66.4 Å². The summed E-state index contributed by atoms with van der Waals surface area (Å²) in [4.78, 5) is 33.5. The topological polar surface area (TPSA) is 74.8 Å². The monoisotopic (exact) mass is 382 g/mol. The molecule has 0 radical (unpaired) electrons. The number of nitrogens with zero attached hydrogens (tertiary/aromatic N) is 3. The van der Waals surface area contributed by atoms with Gasteiger partial charge in [0.05, 0.1) is 7.11 Å². The molecule has 1 fully saturated rings. The van der Waals surface area contributed by atoms with Gasteiger partial charge in [-0.3, -0.25) is 14.6 Å². The van der Waals surface area contributed by atoms with Crippen LogP contribution in [0.5, 0.6) is 5.75 Å². The summed E-state index contributed by atoms with van der Waals surface area (Å²) >= 11 is 0. The second-order valence-electron chi connectivity index (χ2n) is 6.65. The van der Waals surface area contributed by atoms with E-state index < -0.39 is 0 Å². The standard InChI is InChI=1S/C21H26N4O3/c1-3-24-10-12-25(13-11-24)21(27)16-8-9-22-18(14-16)20(26)23-15-17-6-4-5-7-19(17)28-2/h4-9,14H,3,10-13,15H2,1-2H3,(H,23,26). The Kier molecular flexibility index (Phi) is 6.60. The van der Waals surface area contributed by atoms with Gasteiger partial charge in [-0.15, -0.1) is 0 Å². The number of pyridine rings is 1. The molecule has 0 atom stereocenters. The van der Waals surface area contributed by atoms with Crippen LogP contribution in [0.1, 0.15) is 33.3 Å². The van der Waals surface area contributed by atoms with E-state index in [2.05, 4.69) is 22.1 Å². The number of carbonyl (C=O) groups excluding carboxylic acids is 2. The predicted molar refractivity (Wildman–Crippen MR) is 106 cm³/mol. The van der Waals surface area contributed by atoms with E-state index in [0.717, 1.165) is 25.2 Å². The van der Waals surface area contributed by atoms with Crippen molar-refractivity contribution < 1.29 is 14.3 Å². The van der Waals surface area contributed by atoms with Crippen LogP contribution in [0, 0.1) is 0 Å². The van der Waals surface area contributed by atoms with E-state index in [1.54, 1.807) is 19.2 Å². The van der Waals surface area contributed by atoms with Gasteiger partial charge in [-0.05, 0) is 24.7 Å². The molecule has 148 valence electrons. The molecule has 28 heavy (non-hydrogen) atoms. The molecular weight excluding hydrogens is 356 g/mol. The van der Waals surface area contributed by atoms with E-state index in [-0.39, 0.29) is 17.5 Å². The smallest absolute Gasteiger partial charge is 0.270 e. The minimum absolute atomic E-state index is 0.0584. The van der Waals surface area contributed by atoms with Crippen molar-refractivity contribution in [3.63, 3.8) is 0 Å². The van der Waals surface area contributed by atoms with E-state index in [4.69, 9.17) is 4.74 Å². The lowest BCUT2D eigenvalue weighted by Gasteiger charge is -2.34. The number of amides is 2. The number of ether oxygens (including phenoxy) is 1. The molecule has 0 spiro atoms. The van der Waals surface area contributed by atoms with Gasteiger partial charge >= 0.3 is 0 Å². The first-order chi connectivity index (χ1) is 13.6. The number of likely N-dealkylation sites (N-methyl/N-ethyl adjacent to an activating group) is 1. The quantitative estimate of drug-likeness (QED) is 0.825. The predicted octanol–water partition coefficient (Wildman–Crippen LogP) is 1.80. The van der Waals surface area contributed by atoms with Crippen molar-refractivity contribution in [1.29, 1.82) is 0 Å². The Hall–Kier alpha value is -2.93. The molecule has 2 amide bonds. The Bertz CT molecular complexity index is 832. The Labute approximate surface area is 165 Å². The van der Waals surface area contributed by atoms with E-state index in [1.807, 2.05) is 29.2 Å². The zero-order valence-corrected chi connectivity index (χ0v) is 16.4. The number of aromatic nitrogens is 1. The van der Waals surface area contributed by atoms with Crippen LogP contribution in [-0.2, 0) is 6.54 Å². The summed E-state index contributed by atoms with van der Waals surface area (Å²) in [5.74, 6) is 0.333. The Balaban J connectivity index is 1.64. The second kappa shape index (κ2) is 9.32. The summed E-state index contributed by atoms with van der Waals surface area (Å²) in [6.45, 7) is 6.58. The summed E-state index contributed by atoms with van der Waals surface area (Å²) in [5, 5.41) is 2.84. The van der Waals surface area contributed by atoms with Crippen LogP contribution in [0.25, 0.3) is 0 Å². The highest BCUT2D eigenvalue weighted by Gasteiger charge is 2.22. The number of hydrogen-bond acceptors (Lipinski definition) is 5. The van der Waals surface area contributed by atoms with Gasteiger partial charge < -0.3 is 19.9 Å². The molecule has 0 bridgehead atoms. The van der Waals surface area contributed by atoms with Crippen molar-refractivity contribution in [1.82, 2.24) is 20.1 Å². The lowest BCUT2D eigenvalue weighted by molar-refractivity contribution is 0.0643. The summed E-state index contributed by atoms with van der Waals surface area (Å²) in [5.41, 5.74) is 1.59. The number of methoxy groups -OCH3 is 1. The molecule has 7 heteroatoms. The molecule has 2 heterocycles. The third-order valence-electron chi connectivity index (χ3n) is 4.98. The van der Waals surface area contributed by atoms with E-state index in [1.165, 1.54) is 6.20 Å². The van der Waals surface area contributed by atoms with E-state index in [9.17, 15) is 9.59 Å². The first-order valence-electron chi connectivity index (χ1n) is 9.50. The van der Waals surface area contributed by atoms with Crippen molar-refractivity contribution in [3.8, 4) is 5.75 Å². The van der Waals surface area contributed by atoms with Crippen LogP contribution >= 0.6 is 0 Å². The Morgan fingerprint density at radius 3 is 2.61 bits per heavy atom. The number of carbonyl (C=O) groups is 2. The van der Waals surface area contributed by atoms with Crippen LogP contribution in [0.2, 0.25) is 0 Å². The second-order valence-corrected chi connectivity index (χ2v) is 6.65. The zero-order chi connectivity index (χ0) is 19.9. The highest BCUT2D eigenvalue weighted by Crippen LogP contribution is 2.17. The first-order valence-corrected chi connectivity index (χ1v) is 9.50. The molecule has 1 saturated heterocycles. The average molecular weight is 382 g/mol. The molecule has 1 N–H and O–H groups in total. The SMILES string of the molecule is CCN1CCN(C(=O)c2ccnc(C(=O)NCc3ccccc3OC)c2)CC1. The summed E-state index contributed by atoms with van der Waals surface area (Å²) < 4.78 is 5.30. The van der Waals surface area contributed by atoms with Gasteiger partial charge in [-0.2, -0.15) is 0 Å². The lowest BCUT2D eigenvalue weighted by atomic mass is 10.1. The maximum Gasteiger partial charge on any atom is 0.270 e. The number of benzene rings is 1. The molecule has 1 aliphatic rings. The summed E-state index contributed by atoms with van der Waals surface area (Å²) in [6.07, 6.45) is 1.51. The minimum Gasteiger partial charge on any atom is -0.496 e. The largest absolute Gasteiger partial charge is 0.496 e. The van der Waals surface area contributed by atoms with Gasteiger partial charge in [0, 0.05) is 50.0 Å². The number of piperazine rings is 1. The van der Waals surface area contributed by atoms with E-state index in [0.29, 0.717) is 30.9 Å².